The molecule has 2 rings (SSSR count). The molecule has 0 radical (unpaired) electrons. The molecule has 0 bridgehead atoms. The third-order valence-electron chi connectivity index (χ3n) is 2.97. The molecule has 8 heteroatoms. The van der Waals surface area contributed by atoms with Gasteiger partial charge >= 0.3 is 0 Å². The zero-order valence-electron chi connectivity index (χ0n) is 11.4. The van der Waals surface area contributed by atoms with Gasteiger partial charge in [-0.3, -0.25) is 9.45 Å². The van der Waals surface area contributed by atoms with E-state index in [1.165, 1.54) is 12.8 Å². The number of rotatable bonds is 3. The molecule has 0 saturated carbocycles. The minimum absolute atomic E-state index is 0. The van der Waals surface area contributed by atoms with Crippen LogP contribution in [-0.2, 0) is 19.6 Å². The van der Waals surface area contributed by atoms with Gasteiger partial charge in [0.25, 0.3) is 10.1 Å². The first-order valence-corrected chi connectivity index (χ1v) is 7.92. The van der Waals surface area contributed by atoms with Gasteiger partial charge in [0.15, 0.2) is 0 Å². The number of hydrogen-bond acceptors (Lipinski definition) is 5. The van der Waals surface area contributed by atoms with Crippen molar-refractivity contribution in [3.8, 4) is 0 Å². The van der Waals surface area contributed by atoms with Gasteiger partial charge in [-0.1, -0.05) is 6.92 Å². The summed E-state index contributed by atoms with van der Waals surface area (Å²) in [5.41, 5.74) is 0. The van der Waals surface area contributed by atoms with Crippen LogP contribution < -0.4 is 0 Å². The van der Waals surface area contributed by atoms with E-state index in [4.69, 9.17) is 14.0 Å². The van der Waals surface area contributed by atoms with Crippen LogP contribution in [0.15, 0.2) is 0 Å². The monoisotopic (exact) mass is 299 g/mol. The van der Waals surface area contributed by atoms with Gasteiger partial charge in [0, 0.05) is 26.3 Å². The van der Waals surface area contributed by atoms with Gasteiger partial charge in [0.05, 0.1) is 13.2 Å². The fourth-order valence-electron chi connectivity index (χ4n) is 2.03. The molecule has 7 nitrogen and oxygen atoms in total. The molecule has 1 atom stereocenters. The van der Waals surface area contributed by atoms with Crippen molar-refractivity contribution in [2.45, 2.75) is 31.6 Å². The first kappa shape index (κ1) is 18.8. The molecule has 0 aromatic heterocycles. The Labute approximate surface area is 114 Å². The third kappa shape index (κ3) is 7.19. The summed E-state index contributed by atoms with van der Waals surface area (Å²) in [5, 5.41) is -0.767. The third-order valence-corrected chi connectivity index (χ3v) is 4.29. The molecule has 19 heavy (non-hydrogen) atoms. The van der Waals surface area contributed by atoms with Crippen LogP contribution in [0.5, 0.6) is 0 Å². The van der Waals surface area contributed by atoms with Gasteiger partial charge in [-0.2, -0.15) is 8.42 Å². The van der Waals surface area contributed by atoms with Crippen molar-refractivity contribution >= 4 is 10.1 Å². The molecule has 0 aliphatic carbocycles. The quantitative estimate of drug-likeness (QED) is 0.730. The zero-order valence-corrected chi connectivity index (χ0v) is 12.2. The number of nitrogens with zero attached hydrogens (tertiary/aromatic N) is 1. The van der Waals surface area contributed by atoms with Gasteiger partial charge < -0.3 is 14.9 Å². The predicted octanol–water partition coefficient (Wildman–Crippen LogP) is -0.0854. The van der Waals surface area contributed by atoms with E-state index in [0.29, 0.717) is 32.7 Å². The molecule has 0 aromatic rings. The van der Waals surface area contributed by atoms with Crippen LogP contribution in [0.2, 0.25) is 0 Å². The van der Waals surface area contributed by atoms with E-state index in [1.54, 1.807) is 11.8 Å². The van der Waals surface area contributed by atoms with Crippen LogP contribution in [0.1, 0.15) is 26.2 Å². The SMILES string of the molecule is C1CCOC1.CCC(N1CCOCC1)S(=O)(=O)O.O. The average molecular weight is 299 g/mol. The van der Waals surface area contributed by atoms with Gasteiger partial charge in [-0.05, 0) is 19.3 Å². The summed E-state index contributed by atoms with van der Waals surface area (Å²) in [6.07, 6.45) is 2.96. The molecule has 2 saturated heterocycles. The molecule has 2 aliphatic rings. The highest BCUT2D eigenvalue weighted by Crippen LogP contribution is 2.12. The van der Waals surface area contributed by atoms with Crippen molar-refractivity contribution in [2.24, 2.45) is 0 Å². The maximum Gasteiger partial charge on any atom is 0.281 e. The molecule has 0 amide bonds. The van der Waals surface area contributed by atoms with Crippen LogP contribution >= 0.6 is 0 Å². The van der Waals surface area contributed by atoms with E-state index < -0.39 is 15.5 Å². The van der Waals surface area contributed by atoms with Crippen molar-refractivity contribution in [1.29, 1.82) is 0 Å². The lowest BCUT2D eigenvalue weighted by Crippen LogP contribution is -2.46. The van der Waals surface area contributed by atoms with Crippen LogP contribution in [0.25, 0.3) is 0 Å². The van der Waals surface area contributed by atoms with E-state index in [-0.39, 0.29) is 5.48 Å². The Balaban J connectivity index is 0.000000454. The number of morpholine rings is 1. The van der Waals surface area contributed by atoms with Gasteiger partial charge in [0.2, 0.25) is 0 Å². The number of hydrogen-bond donors (Lipinski definition) is 1. The van der Waals surface area contributed by atoms with Crippen molar-refractivity contribution < 1.29 is 27.9 Å². The van der Waals surface area contributed by atoms with Crippen LogP contribution in [0.3, 0.4) is 0 Å². The van der Waals surface area contributed by atoms with Crippen LogP contribution in [-0.4, -0.2) is 68.2 Å². The van der Waals surface area contributed by atoms with Gasteiger partial charge in [-0.25, -0.2) is 0 Å². The molecule has 0 spiro atoms. The minimum Gasteiger partial charge on any atom is -0.412 e. The standard InChI is InChI=1S/C7H15NO4S.C4H8O.H2O/c1-2-7(13(9,10)11)8-3-5-12-6-4-8;1-2-4-5-3-1;/h7H,2-6H2,1H3,(H,9,10,11);1-4H2;1H2. The molecular weight excluding hydrogens is 274 g/mol. The second-order valence-electron chi connectivity index (χ2n) is 4.35. The first-order valence-electron chi connectivity index (χ1n) is 6.41. The lowest BCUT2D eigenvalue weighted by atomic mass is 10.3. The molecular formula is C11H25NO6S. The first-order chi connectivity index (χ1) is 8.55. The summed E-state index contributed by atoms with van der Waals surface area (Å²) in [6, 6.07) is 0. The molecule has 116 valence electrons. The Morgan fingerprint density at radius 3 is 1.89 bits per heavy atom. The Bertz CT molecular complexity index is 304. The lowest BCUT2D eigenvalue weighted by molar-refractivity contribution is 0.0292. The highest BCUT2D eigenvalue weighted by atomic mass is 32.2. The van der Waals surface area contributed by atoms with Crippen molar-refractivity contribution in [1.82, 2.24) is 4.90 Å². The summed E-state index contributed by atoms with van der Waals surface area (Å²) in [5.74, 6) is 0. The second-order valence-corrected chi connectivity index (χ2v) is 5.92. The lowest BCUT2D eigenvalue weighted by Gasteiger charge is -2.31. The highest BCUT2D eigenvalue weighted by molar-refractivity contribution is 7.86. The molecule has 2 heterocycles. The molecule has 2 aliphatic heterocycles. The second kappa shape index (κ2) is 9.62. The smallest absolute Gasteiger partial charge is 0.281 e. The van der Waals surface area contributed by atoms with E-state index in [0.717, 1.165) is 13.2 Å². The minimum atomic E-state index is -3.94. The summed E-state index contributed by atoms with van der Waals surface area (Å²) < 4.78 is 40.8. The van der Waals surface area contributed by atoms with Crippen molar-refractivity contribution in [2.75, 3.05) is 39.5 Å². The normalized spacial score (nSPS) is 22.0. The largest absolute Gasteiger partial charge is 0.412 e. The summed E-state index contributed by atoms with van der Waals surface area (Å²) >= 11 is 0. The zero-order chi connectivity index (χ0) is 13.4. The highest BCUT2D eigenvalue weighted by Gasteiger charge is 2.29. The summed E-state index contributed by atoms with van der Waals surface area (Å²) in [6.45, 7) is 5.95. The maximum absolute atomic E-state index is 10.9. The Hall–Kier alpha value is -0.250. The van der Waals surface area contributed by atoms with Gasteiger partial charge in [-0.15, -0.1) is 0 Å². The summed E-state index contributed by atoms with van der Waals surface area (Å²) in [7, 11) is -3.94. The summed E-state index contributed by atoms with van der Waals surface area (Å²) in [4.78, 5) is 1.73. The molecule has 0 aromatic carbocycles. The van der Waals surface area contributed by atoms with Gasteiger partial charge in [0.1, 0.15) is 5.37 Å². The fraction of sp³-hybridized carbons (Fsp3) is 1.00. The molecule has 2 fully saturated rings. The van der Waals surface area contributed by atoms with Crippen LogP contribution in [0, 0.1) is 0 Å². The van der Waals surface area contributed by atoms with Crippen molar-refractivity contribution in [3.63, 3.8) is 0 Å². The molecule has 1 unspecified atom stereocenters. The van der Waals surface area contributed by atoms with E-state index in [9.17, 15) is 8.42 Å². The fourth-order valence-corrected chi connectivity index (χ4v) is 3.04. The van der Waals surface area contributed by atoms with E-state index >= 15 is 0 Å². The van der Waals surface area contributed by atoms with Crippen molar-refractivity contribution in [3.05, 3.63) is 0 Å². The maximum atomic E-state index is 10.9. The van der Waals surface area contributed by atoms with Crippen LogP contribution in [0.4, 0.5) is 0 Å². The Morgan fingerprint density at radius 1 is 1.11 bits per heavy atom. The topological polar surface area (TPSA) is 108 Å². The number of ether oxygens (including phenoxy) is 2. The predicted molar refractivity (Wildman–Crippen MR) is 71.7 cm³/mol. The Morgan fingerprint density at radius 2 is 1.58 bits per heavy atom. The van der Waals surface area contributed by atoms with E-state index in [1.807, 2.05) is 0 Å². The average Bonchev–Trinajstić information content (AvgIpc) is 2.88. The Kier molecular flexibility index (Phi) is 9.50. The molecule has 3 N–H and O–H groups in total. The van der Waals surface area contributed by atoms with E-state index in [2.05, 4.69) is 0 Å².